The molecule has 34 heavy (non-hydrogen) atoms. The third-order valence-corrected chi connectivity index (χ3v) is 5.75. The number of ether oxygens (including phenoxy) is 1. The maximum atomic E-state index is 13.0. The molecule has 4 aromatic rings. The summed E-state index contributed by atoms with van der Waals surface area (Å²) in [6, 6.07) is 20.8. The summed E-state index contributed by atoms with van der Waals surface area (Å²) >= 11 is 0. The van der Waals surface area contributed by atoms with Gasteiger partial charge >= 0.3 is 0 Å². The van der Waals surface area contributed by atoms with Crippen molar-refractivity contribution in [3.05, 3.63) is 84.4 Å². The first-order valence-corrected chi connectivity index (χ1v) is 11.4. The van der Waals surface area contributed by atoms with E-state index in [0.717, 1.165) is 30.2 Å². The van der Waals surface area contributed by atoms with Gasteiger partial charge in [-0.1, -0.05) is 30.3 Å². The van der Waals surface area contributed by atoms with Crippen LogP contribution in [0.25, 0.3) is 11.4 Å². The molecule has 0 N–H and O–H groups in total. The normalized spacial score (nSPS) is 13.7. The lowest BCUT2D eigenvalue weighted by Gasteiger charge is -2.35. The first kappa shape index (κ1) is 21.6. The van der Waals surface area contributed by atoms with Crippen LogP contribution in [0.5, 0.6) is 11.5 Å². The maximum Gasteiger partial charge on any atom is 0.253 e. The van der Waals surface area contributed by atoms with E-state index in [2.05, 4.69) is 20.0 Å². The van der Waals surface area contributed by atoms with Gasteiger partial charge in [-0.3, -0.25) is 4.79 Å². The quantitative estimate of drug-likeness (QED) is 0.425. The van der Waals surface area contributed by atoms with E-state index in [9.17, 15) is 4.79 Å². The molecule has 5 rings (SSSR count). The Labute approximate surface area is 197 Å². The Morgan fingerprint density at radius 3 is 2.32 bits per heavy atom. The fraction of sp³-hybridized carbons (Fsp3) is 0.231. The standard InChI is InChI=1S/C26H25N5O3/c1-2-24-28-25(29-34-24)20-10-13-23(27-18-20)30-14-16-31(17-15-30)26(32)19-8-11-22(12-9-19)33-21-6-4-3-5-7-21/h3-13,18H,2,14-17H2,1H3. The van der Waals surface area contributed by atoms with Crippen molar-refractivity contribution in [2.24, 2.45) is 0 Å². The highest BCUT2D eigenvalue weighted by Crippen LogP contribution is 2.23. The highest BCUT2D eigenvalue weighted by molar-refractivity contribution is 5.94. The predicted octanol–water partition coefficient (Wildman–Crippen LogP) is 4.45. The van der Waals surface area contributed by atoms with Crippen molar-refractivity contribution in [2.45, 2.75) is 13.3 Å². The van der Waals surface area contributed by atoms with Crippen LogP contribution in [0, 0.1) is 0 Å². The number of para-hydroxylation sites is 1. The SMILES string of the molecule is CCc1nc(-c2ccc(N3CCN(C(=O)c4ccc(Oc5ccccc5)cc4)CC3)nc2)no1. The van der Waals surface area contributed by atoms with Crippen LogP contribution in [-0.4, -0.2) is 52.1 Å². The van der Waals surface area contributed by atoms with Gasteiger partial charge < -0.3 is 19.1 Å². The molecule has 1 fully saturated rings. The molecular weight excluding hydrogens is 430 g/mol. The van der Waals surface area contributed by atoms with E-state index in [1.54, 1.807) is 6.20 Å². The van der Waals surface area contributed by atoms with Gasteiger partial charge in [0.05, 0.1) is 0 Å². The van der Waals surface area contributed by atoms with Gasteiger partial charge in [-0.05, 0) is 48.5 Å². The number of anilines is 1. The first-order chi connectivity index (χ1) is 16.7. The highest BCUT2D eigenvalue weighted by atomic mass is 16.5. The summed E-state index contributed by atoms with van der Waals surface area (Å²) in [4.78, 5) is 25.9. The zero-order chi connectivity index (χ0) is 23.3. The molecular formula is C26H25N5O3. The lowest BCUT2D eigenvalue weighted by Crippen LogP contribution is -2.49. The number of pyridine rings is 1. The summed E-state index contributed by atoms with van der Waals surface area (Å²) in [5, 5.41) is 3.99. The van der Waals surface area contributed by atoms with Crippen molar-refractivity contribution < 1.29 is 14.1 Å². The molecule has 0 bridgehead atoms. The van der Waals surface area contributed by atoms with Gasteiger partial charge in [0.15, 0.2) is 0 Å². The van der Waals surface area contributed by atoms with Crippen molar-refractivity contribution in [3.8, 4) is 22.9 Å². The van der Waals surface area contributed by atoms with Crippen LogP contribution >= 0.6 is 0 Å². The van der Waals surface area contributed by atoms with E-state index >= 15 is 0 Å². The topological polar surface area (TPSA) is 84.6 Å². The van der Waals surface area contributed by atoms with Gasteiger partial charge in [0.25, 0.3) is 5.91 Å². The number of amides is 1. The molecule has 1 saturated heterocycles. The molecule has 8 heteroatoms. The van der Waals surface area contributed by atoms with E-state index in [-0.39, 0.29) is 5.91 Å². The molecule has 1 aliphatic heterocycles. The van der Waals surface area contributed by atoms with Crippen LogP contribution in [-0.2, 0) is 6.42 Å². The number of carbonyl (C=O) groups excluding carboxylic acids is 1. The molecule has 2 aromatic heterocycles. The van der Waals surface area contributed by atoms with Crippen molar-refractivity contribution in [2.75, 3.05) is 31.1 Å². The molecule has 1 aliphatic rings. The molecule has 0 radical (unpaired) electrons. The molecule has 2 aromatic carbocycles. The average molecular weight is 456 g/mol. The van der Waals surface area contributed by atoms with Gasteiger partial charge in [-0.2, -0.15) is 4.98 Å². The number of aromatic nitrogens is 3. The zero-order valence-electron chi connectivity index (χ0n) is 18.9. The van der Waals surface area contributed by atoms with Crippen molar-refractivity contribution in [1.29, 1.82) is 0 Å². The van der Waals surface area contributed by atoms with E-state index in [4.69, 9.17) is 9.26 Å². The van der Waals surface area contributed by atoms with Gasteiger partial charge in [-0.25, -0.2) is 4.98 Å². The molecule has 3 heterocycles. The van der Waals surface area contributed by atoms with E-state index in [0.29, 0.717) is 42.5 Å². The molecule has 0 aliphatic carbocycles. The lowest BCUT2D eigenvalue weighted by molar-refractivity contribution is 0.0746. The number of rotatable bonds is 6. The Bertz CT molecular complexity index is 1230. The summed E-state index contributed by atoms with van der Waals surface area (Å²) in [6.07, 6.45) is 2.46. The van der Waals surface area contributed by atoms with Crippen LogP contribution in [0.3, 0.4) is 0 Å². The van der Waals surface area contributed by atoms with Gasteiger partial charge in [-0.15, -0.1) is 0 Å². The fourth-order valence-corrected chi connectivity index (χ4v) is 3.83. The number of hydrogen-bond donors (Lipinski definition) is 0. The predicted molar refractivity (Wildman–Crippen MR) is 128 cm³/mol. The number of nitrogens with zero attached hydrogens (tertiary/aromatic N) is 5. The lowest BCUT2D eigenvalue weighted by atomic mass is 10.1. The minimum atomic E-state index is 0.0260. The van der Waals surface area contributed by atoms with Gasteiger partial charge in [0, 0.05) is 49.9 Å². The van der Waals surface area contributed by atoms with E-state index in [1.807, 2.05) is 78.6 Å². The molecule has 0 saturated carbocycles. The Balaban J connectivity index is 1.16. The summed E-state index contributed by atoms with van der Waals surface area (Å²) in [5.41, 5.74) is 1.48. The molecule has 0 atom stereocenters. The highest BCUT2D eigenvalue weighted by Gasteiger charge is 2.23. The maximum absolute atomic E-state index is 13.0. The van der Waals surface area contributed by atoms with Crippen LogP contribution in [0.1, 0.15) is 23.2 Å². The number of carbonyl (C=O) groups is 1. The summed E-state index contributed by atoms with van der Waals surface area (Å²) in [5.74, 6) is 3.52. The molecule has 172 valence electrons. The zero-order valence-corrected chi connectivity index (χ0v) is 18.9. The second kappa shape index (κ2) is 9.74. The number of benzene rings is 2. The Kier molecular flexibility index (Phi) is 6.20. The minimum Gasteiger partial charge on any atom is -0.457 e. The van der Waals surface area contributed by atoms with Crippen molar-refractivity contribution >= 4 is 11.7 Å². The van der Waals surface area contributed by atoms with Crippen molar-refractivity contribution in [1.82, 2.24) is 20.0 Å². The number of hydrogen-bond acceptors (Lipinski definition) is 7. The molecule has 0 spiro atoms. The monoisotopic (exact) mass is 455 g/mol. The minimum absolute atomic E-state index is 0.0260. The van der Waals surface area contributed by atoms with Gasteiger partial charge in [0.2, 0.25) is 11.7 Å². The second-order valence-corrected chi connectivity index (χ2v) is 7.99. The smallest absolute Gasteiger partial charge is 0.253 e. The van der Waals surface area contributed by atoms with Crippen LogP contribution in [0.2, 0.25) is 0 Å². The summed E-state index contributed by atoms with van der Waals surface area (Å²) in [7, 11) is 0. The Morgan fingerprint density at radius 1 is 0.941 bits per heavy atom. The largest absolute Gasteiger partial charge is 0.457 e. The number of piperazine rings is 1. The van der Waals surface area contributed by atoms with E-state index < -0.39 is 0 Å². The Hall–Kier alpha value is -4.20. The second-order valence-electron chi connectivity index (χ2n) is 7.99. The third-order valence-electron chi connectivity index (χ3n) is 5.75. The molecule has 0 unspecified atom stereocenters. The van der Waals surface area contributed by atoms with E-state index in [1.165, 1.54) is 0 Å². The van der Waals surface area contributed by atoms with Crippen molar-refractivity contribution in [3.63, 3.8) is 0 Å². The van der Waals surface area contributed by atoms with Gasteiger partial charge in [0.1, 0.15) is 17.3 Å². The Morgan fingerprint density at radius 2 is 1.68 bits per heavy atom. The van der Waals surface area contributed by atoms with Crippen LogP contribution in [0.4, 0.5) is 5.82 Å². The third kappa shape index (κ3) is 4.76. The summed E-state index contributed by atoms with van der Waals surface area (Å²) in [6.45, 7) is 4.67. The average Bonchev–Trinajstić information content (AvgIpc) is 3.39. The summed E-state index contributed by atoms with van der Waals surface area (Å²) < 4.78 is 11.0. The van der Waals surface area contributed by atoms with Crippen LogP contribution in [0.15, 0.2) is 77.4 Å². The van der Waals surface area contributed by atoms with Crippen LogP contribution < -0.4 is 9.64 Å². The molecule has 8 nitrogen and oxygen atoms in total. The molecule has 1 amide bonds. The first-order valence-electron chi connectivity index (χ1n) is 11.4. The number of aryl methyl sites for hydroxylation is 1. The fourth-order valence-electron chi connectivity index (χ4n) is 3.83.